The minimum Gasteiger partial charge on any atom is -0.349 e. The molecule has 0 unspecified atom stereocenters. The maximum Gasteiger partial charge on any atom is 0.253 e. The molecule has 0 atom stereocenters. The van der Waals surface area contributed by atoms with Crippen molar-refractivity contribution < 1.29 is 4.79 Å². The van der Waals surface area contributed by atoms with Crippen molar-refractivity contribution in [3.63, 3.8) is 0 Å². The summed E-state index contributed by atoms with van der Waals surface area (Å²) in [4.78, 5) is 16.4. The maximum absolute atomic E-state index is 12.2. The van der Waals surface area contributed by atoms with Gasteiger partial charge in [0.05, 0.1) is 16.3 Å². The van der Waals surface area contributed by atoms with E-state index in [1.807, 2.05) is 6.92 Å². The van der Waals surface area contributed by atoms with Crippen molar-refractivity contribution in [3.05, 3.63) is 28.5 Å². The fourth-order valence-corrected chi connectivity index (χ4v) is 2.87. The van der Waals surface area contributed by atoms with E-state index in [1.165, 1.54) is 19.3 Å². The van der Waals surface area contributed by atoms with Gasteiger partial charge in [-0.2, -0.15) is 0 Å². The van der Waals surface area contributed by atoms with E-state index in [0.29, 0.717) is 16.6 Å². The number of halogens is 1. The predicted octanol–water partition coefficient (Wildman–Crippen LogP) is 3.74. The van der Waals surface area contributed by atoms with Crippen LogP contribution < -0.4 is 5.32 Å². The molecule has 2 rings (SSSR count). The van der Waals surface area contributed by atoms with Gasteiger partial charge < -0.3 is 5.32 Å². The first-order chi connectivity index (χ1) is 9.10. The van der Waals surface area contributed by atoms with Crippen molar-refractivity contribution in [2.75, 3.05) is 0 Å². The number of nitrogens with one attached hydrogen (secondary N) is 1. The van der Waals surface area contributed by atoms with E-state index in [2.05, 4.69) is 17.2 Å². The Morgan fingerprint density at radius 2 is 2.11 bits per heavy atom. The standard InChI is InChI=1S/C15H21ClN2O/c1-3-11-4-6-13(7-5-11)18-15(19)14-8-12(16)9-17-10(14)2/h8-9,11,13H,3-7H2,1-2H3,(H,18,19). The molecule has 0 spiro atoms. The lowest BCUT2D eigenvalue weighted by atomic mass is 9.84. The first-order valence-corrected chi connectivity index (χ1v) is 7.41. The lowest BCUT2D eigenvalue weighted by Gasteiger charge is -2.28. The first-order valence-electron chi connectivity index (χ1n) is 7.03. The van der Waals surface area contributed by atoms with E-state index in [9.17, 15) is 4.79 Å². The van der Waals surface area contributed by atoms with Gasteiger partial charge in [-0.1, -0.05) is 24.9 Å². The van der Waals surface area contributed by atoms with E-state index in [0.717, 1.165) is 24.5 Å². The van der Waals surface area contributed by atoms with Gasteiger partial charge in [0, 0.05) is 12.2 Å². The van der Waals surface area contributed by atoms with Crippen LogP contribution in [0.1, 0.15) is 55.1 Å². The van der Waals surface area contributed by atoms with E-state index in [4.69, 9.17) is 11.6 Å². The van der Waals surface area contributed by atoms with Crippen molar-refractivity contribution in [2.45, 2.75) is 52.0 Å². The molecule has 1 aromatic rings. The zero-order chi connectivity index (χ0) is 13.8. The maximum atomic E-state index is 12.2. The van der Waals surface area contributed by atoms with Gasteiger partial charge in [0.2, 0.25) is 0 Å². The molecule has 19 heavy (non-hydrogen) atoms. The highest BCUT2D eigenvalue weighted by Crippen LogP contribution is 2.26. The molecule has 0 bridgehead atoms. The number of nitrogens with zero attached hydrogens (tertiary/aromatic N) is 1. The number of aromatic nitrogens is 1. The third kappa shape index (κ3) is 3.69. The monoisotopic (exact) mass is 280 g/mol. The van der Waals surface area contributed by atoms with Crippen molar-refractivity contribution in [2.24, 2.45) is 5.92 Å². The molecule has 1 aliphatic carbocycles. The average Bonchev–Trinajstić information content (AvgIpc) is 2.42. The van der Waals surface area contributed by atoms with Gasteiger partial charge in [-0.15, -0.1) is 0 Å². The number of pyridine rings is 1. The summed E-state index contributed by atoms with van der Waals surface area (Å²) >= 11 is 5.90. The molecule has 0 aromatic carbocycles. The smallest absolute Gasteiger partial charge is 0.253 e. The lowest BCUT2D eigenvalue weighted by Crippen LogP contribution is -2.38. The van der Waals surface area contributed by atoms with Gasteiger partial charge >= 0.3 is 0 Å². The molecule has 1 heterocycles. The second-order valence-corrected chi connectivity index (χ2v) is 5.82. The molecule has 4 heteroatoms. The molecule has 1 N–H and O–H groups in total. The Morgan fingerprint density at radius 3 is 2.74 bits per heavy atom. The predicted molar refractivity (Wildman–Crippen MR) is 77.5 cm³/mol. The van der Waals surface area contributed by atoms with Crippen LogP contribution in [0.3, 0.4) is 0 Å². The van der Waals surface area contributed by atoms with E-state index in [-0.39, 0.29) is 5.91 Å². The summed E-state index contributed by atoms with van der Waals surface area (Å²) < 4.78 is 0. The van der Waals surface area contributed by atoms with Crippen LogP contribution in [0.25, 0.3) is 0 Å². The third-order valence-corrected chi connectivity index (χ3v) is 4.26. The van der Waals surface area contributed by atoms with Gasteiger partial charge in [0.15, 0.2) is 0 Å². The zero-order valence-electron chi connectivity index (χ0n) is 11.6. The van der Waals surface area contributed by atoms with Crippen LogP contribution in [0, 0.1) is 12.8 Å². The Balaban J connectivity index is 1.96. The molecule has 3 nitrogen and oxygen atoms in total. The number of rotatable bonds is 3. The molecule has 1 aromatic heterocycles. The highest BCUT2D eigenvalue weighted by atomic mass is 35.5. The summed E-state index contributed by atoms with van der Waals surface area (Å²) in [6, 6.07) is 1.99. The Labute approximate surface area is 119 Å². The fourth-order valence-electron chi connectivity index (χ4n) is 2.72. The van der Waals surface area contributed by atoms with E-state index >= 15 is 0 Å². The second-order valence-electron chi connectivity index (χ2n) is 5.39. The van der Waals surface area contributed by atoms with Crippen LogP contribution in [0.5, 0.6) is 0 Å². The molecular formula is C15H21ClN2O. The second kappa shape index (κ2) is 6.38. The Morgan fingerprint density at radius 1 is 1.42 bits per heavy atom. The number of amides is 1. The van der Waals surface area contributed by atoms with Crippen molar-refractivity contribution in [1.29, 1.82) is 0 Å². The molecule has 1 aliphatic rings. The highest BCUT2D eigenvalue weighted by molar-refractivity contribution is 6.30. The summed E-state index contributed by atoms with van der Waals surface area (Å²) in [5.74, 6) is 0.787. The van der Waals surface area contributed by atoms with Crippen LogP contribution in [0.2, 0.25) is 5.02 Å². The highest BCUT2D eigenvalue weighted by Gasteiger charge is 2.22. The quantitative estimate of drug-likeness (QED) is 0.916. The molecule has 1 amide bonds. The Hall–Kier alpha value is -1.09. The van der Waals surface area contributed by atoms with E-state index < -0.39 is 0 Å². The van der Waals surface area contributed by atoms with Gasteiger partial charge in [0.1, 0.15) is 0 Å². The van der Waals surface area contributed by atoms with Crippen molar-refractivity contribution in [1.82, 2.24) is 10.3 Å². The van der Waals surface area contributed by atoms with Crippen LogP contribution >= 0.6 is 11.6 Å². The average molecular weight is 281 g/mol. The van der Waals surface area contributed by atoms with Gasteiger partial charge in [0.25, 0.3) is 5.91 Å². The van der Waals surface area contributed by atoms with Crippen LogP contribution in [-0.4, -0.2) is 16.9 Å². The molecule has 0 radical (unpaired) electrons. The molecule has 1 saturated carbocycles. The number of carbonyl (C=O) groups is 1. The number of aryl methyl sites for hydroxylation is 1. The Kier molecular flexibility index (Phi) is 4.81. The minimum absolute atomic E-state index is 0.0487. The fraction of sp³-hybridized carbons (Fsp3) is 0.600. The van der Waals surface area contributed by atoms with Gasteiger partial charge in [-0.25, -0.2) is 0 Å². The van der Waals surface area contributed by atoms with E-state index in [1.54, 1.807) is 12.3 Å². The van der Waals surface area contributed by atoms with Gasteiger partial charge in [-0.05, 0) is 44.6 Å². The van der Waals surface area contributed by atoms with Crippen molar-refractivity contribution >= 4 is 17.5 Å². The first kappa shape index (κ1) is 14.3. The molecule has 0 aliphatic heterocycles. The number of hydrogen-bond donors (Lipinski definition) is 1. The van der Waals surface area contributed by atoms with Crippen LogP contribution in [-0.2, 0) is 0 Å². The third-order valence-electron chi connectivity index (χ3n) is 4.06. The minimum atomic E-state index is -0.0487. The summed E-state index contributed by atoms with van der Waals surface area (Å²) in [5.41, 5.74) is 1.31. The normalized spacial score (nSPS) is 23.1. The van der Waals surface area contributed by atoms with Gasteiger partial charge in [-0.3, -0.25) is 9.78 Å². The summed E-state index contributed by atoms with van der Waals surface area (Å²) in [6.45, 7) is 4.07. The number of carbonyl (C=O) groups excluding carboxylic acids is 1. The molecule has 1 fully saturated rings. The molecular weight excluding hydrogens is 260 g/mol. The summed E-state index contributed by atoms with van der Waals surface area (Å²) in [6.07, 6.45) is 7.41. The Bertz CT molecular complexity index is 453. The number of hydrogen-bond acceptors (Lipinski definition) is 2. The van der Waals surface area contributed by atoms with Crippen LogP contribution in [0.15, 0.2) is 12.3 Å². The molecule has 104 valence electrons. The SMILES string of the molecule is CCC1CCC(NC(=O)c2cc(Cl)cnc2C)CC1. The zero-order valence-corrected chi connectivity index (χ0v) is 12.3. The topological polar surface area (TPSA) is 42.0 Å². The molecule has 0 saturated heterocycles. The lowest BCUT2D eigenvalue weighted by molar-refractivity contribution is 0.0920. The largest absolute Gasteiger partial charge is 0.349 e. The summed E-state index contributed by atoms with van der Waals surface area (Å²) in [5, 5.41) is 3.62. The van der Waals surface area contributed by atoms with Crippen LogP contribution in [0.4, 0.5) is 0 Å². The van der Waals surface area contributed by atoms with Crippen molar-refractivity contribution in [3.8, 4) is 0 Å². The summed E-state index contributed by atoms with van der Waals surface area (Å²) in [7, 11) is 0.